The van der Waals surface area contributed by atoms with Crippen LogP contribution in [0.4, 0.5) is 0 Å². The van der Waals surface area contributed by atoms with Crippen molar-refractivity contribution in [2.24, 2.45) is 11.8 Å². The lowest BCUT2D eigenvalue weighted by Crippen LogP contribution is -2.01. The minimum Gasteiger partial charge on any atom is -0.103 e. The molecule has 0 aromatic carbocycles. The zero-order chi connectivity index (χ0) is 11.6. The van der Waals surface area contributed by atoms with E-state index in [1.54, 1.807) is 0 Å². The molecule has 2 aliphatic carbocycles. The van der Waals surface area contributed by atoms with Gasteiger partial charge in [0.15, 0.2) is 0 Å². The van der Waals surface area contributed by atoms with E-state index in [4.69, 9.17) is 0 Å². The van der Waals surface area contributed by atoms with Gasteiger partial charge in [0.25, 0.3) is 0 Å². The van der Waals surface area contributed by atoms with Crippen LogP contribution in [0.5, 0.6) is 0 Å². The van der Waals surface area contributed by atoms with E-state index in [0.29, 0.717) is 0 Å². The lowest BCUT2D eigenvalue weighted by Gasteiger charge is -2.16. The Morgan fingerprint density at radius 2 is 1.50 bits per heavy atom. The highest BCUT2D eigenvalue weighted by molar-refractivity contribution is 4.95. The van der Waals surface area contributed by atoms with Crippen molar-refractivity contribution in [1.82, 2.24) is 0 Å². The summed E-state index contributed by atoms with van der Waals surface area (Å²) in [5.74, 6) is 1.61. The molecule has 0 aromatic heterocycles. The summed E-state index contributed by atoms with van der Waals surface area (Å²) in [7, 11) is 0. The predicted octanol–water partition coefficient (Wildman–Crippen LogP) is 5.28. The van der Waals surface area contributed by atoms with Crippen molar-refractivity contribution in [2.45, 2.75) is 51.4 Å². The molecule has 0 nitrogen and oxygen atoms in total. The first-order valence-corrected chi connectivity index (χ1v) is 6.77. The molecule has 1 fully saturated rings. The van der Waals surface area contributed by atoms with Crippen molar-refractivity contribution in [3.63, 3.8) is 0 Å². The second-order valence-electron chi connectivity index (χ2n) is 4.91. The number of rotatable bonds is 2. The Bertz CT molecular complexity index is 218. The van der Waals surface area contributed by atoms with Crippen LogP contribution >= 0.6 is 0 Å². The Morgan fingerprint density at radius 3 is 1.88 bits per heavy atom. The number of hydrogen-bond acceptors (Lipinski definition) is 0. The van der Waals surface area contributed by atoms with E-state index in [1.807, 2.05) is 0 Å². The van der Waals surface area contributed by atoms with Gasteiger partial charge in [-0.1, -0.05) is 43.6 Å². The standard InChI is InChI=1S/C8H14.C8H12/c2*1-2-8-6-4-3-5-7-8/h2,8H,1,3-7H2;2-4,8H,1,5-7H2. The second kappa shape index (κ2) is 8.38. The maximum absolute atomic E-state index is 3.78. The fraction of sp³-hybridized carbons (Fsp3) is 0.625. The Kier molecular flexibility index (Phi) is 6.96. The minimum atomic E-state index is 0.764. The van der Waals surface area contributed by atoms with Crippen molar-refractivity contribution in [2.75, 3.05) is 0 Å². The van der Waals surface area contributed by atoms with Gasteiger partial charge < -0.3 is 0 Å². The third-order valence-corrected chi connectivity index (χ3v) is 3.63. The zero-order valence-corrected chi connectivity index (χ0v) is 10.5. The van der Waals surface area contributed by atoms with Crippen molar-refractivity contribution in [3.05, 3.63) is 37.5 Å². The summed E-state index contributed by atoms with van der Waals surface area (Å²) in [6, 6.07) is 0. The second-order valence-corrected chi connectivity index (χ2v) is 4.91. The first-order chi connectivity index (χ1) is 7.86. The number of hydrogen-bond donors (Lipinski definition) is 0. The highest BCUT2D eigenvalue weighted by Crippen LogP contribution is 2.23. The summed E-state index contributed by atoms with van der Waals surface area (Å²) in [4.78, 5) is 0. The van der Waals surface area contributed by atoms with Crippen LogP contribution in [0.1, 0.15) is 51.4 Å². The van der Waals surface area contributed by atoms with Crippen LogP contribution in [0.15, 0.2) is 37.5 Å². The predicted molar refractivity (Wildman–Crippen MR) is 73.5 cm³/mol. The summed E-state index contributed by atoms with van der Waals surface area (Å²) in [5.41, 5.74) is 0. The summed E-state index contributed by atoms with van der Waals surface area (Å²) >= 11 is 0. The van der Waals surface area contributed by atoms with Crippen molar-refractivity contribution >= 4 is 0 Å². The van der Waals surface area contributed by atoms with Crippen LogP contribution in [-0.2, 0) is 0 Å². The van der Waals surface area contributed by atoms with E-state index in [1.165, 1.54) is 51.4 Å². The highest BCUT2D eigenvalue weighted by Gasteiger charge is 2.07. The van der Waals surface area contributed by atoms with Crippen molar-refractivity contribution in [3.8, 4) is 0 Å². The average molecular weight is 218 g/mol. The monoisotopic (exact) mass is 218 g/mol. The molecule has 16 heavy (non-hydrogen) atoms. The van der Waals surface area contributed by atoms with Crippen molar-refractivity contribution < 1.29 is 0 Å². The quantitative estimate of drug-likeness (QED) is 0.553. The molecule has 0 amide bonds. The van der Waals surface area contributed by atoms with E-state index in [-0.39, 0.29) is 0 Å². The van der Waals surface area contributed by atoms with E-state index >= 15 is 0 Å². The van der Waals surface area contributed by atoms with E-state index < -0.39 is 0 Å². The third kappa shape index (κ3) is 5.34. The molecule has 2 rings (SSSR count). The van der Waals surface area contributed by atoms with Gasteiger partial charge in [-0.05, 0) is 43.9 Å². The Balaban J connectivity index is 0.000000160. The van der Waals surface area contributed by atoms with Gasteiger partial charge in [0.2, 0.25) is 0 Å². The molecule has 0 aliphatic heterocycles. The molecule has 0 N–H and O–H groups in total. The summed E-state index contributed by atoms with van der Waals surface area (Å²) in [6.07, 6.45) is 19.5. The fourth-order valence-corrected chi connectivity index (χ4v) is 2.40. The van der Waals surface area contributed by atoms with E-state index in [2.05, 4.69) is 37.5 Å². The lowest BCUT2D eigenvalue weighted by atomic mass is 9.90. The molecule has 0 aromatic rings. The smallest absolute Gasteiger partial charge is 0.0199 e. The molecule has 0 saturated heterocycles. The van der Waals surface area contributed by atoms with Gasteiger partial charge in [0.05, 0.1) is 0 Å². The molecule has 2 aliphatic rings. The van der Waals surface area contributed by atoms with Crippen LogP contribution in [0.3, 0.4) is 0 Å². The Labute approximate surface area is 101 Å². The molecule has 0 bridgehead atoms. The molecule has 1 saturated carbocycles. The minimum absolute atomic E-state index is 0.764. The zero-order valence-electron chi connectivity index (χ0n) is 10.5. The summed E-state index contributed by atoms with van der Waals surface area (Å²) in [5, 5.41) is 0. The van der Waals surface area contributed by atoms with Crippen molar-refractivity contribution in [1.29, 1.82) is 0 Å². The molecular weight excluding hydrogens is 192 g/mol. The molecule has 1 unspecified atom stereocenters. The topological polar surface area (TPSA) is 0 Å². The van der Waals surface area contributed by atoms with Gasteiger partial charge in [0.1, 0.15) is 0 Å². The molecule has 0 spiro atoms. The normalized spacial score (nSPS) is 25.4. The van der Waals surface area contributed by atoms with Gasteiger partial charge in [-0.15, -0.1) is 13.2 Å². The van der Waals surface area contributed by atoms with Gasteiger partial charge in [-0.3, -0.25) is 0 Å². The fourth-order valence-electron chi connectivity index (χ4n) is 2.40. The average Bonchev–Trinajstić information content (AvgIpc) is 2.41. The van der Waals surface area contributed by atoms with Crippen LogP contribution in [0.25, 0.3) is 0 Å². The molecule has 0 radical (unpaired) electrons. The number of allylic oxidation sites excluding steroid dienone is 4. The highest BCUT2D eigenvalue weighted by atomic mass is 14.1. The molecule has 0 heteroatoms. The van der Waals surface area contributed by atoms with E-state index in [9.17, 15) is 0 Å². The lowest BCUT2D eigenvalue weighted by molar-refractivity contribution is 0.420. The van der Waals surface area contributed by atoms with Gasteiger partial charge >= 0.3 is 0 Å². The third-order valence-electron chi connectivity index (χ3n) is 3.63. The molecular formula is C16H26. The van der Waals surface area contributed by atoms with Crippen LogP contribution in [0.2, 0.25) is 0 Å². The first-order valence-electron chi connectivity index (χ1n) is 6.77. The van der Waals surface area contributed by atoms with Crippen LogP contribution in [-0.4, -0.2) is 0 Å². The molecule has 1 atom stereocenters. The maximum Gasteiger partial charge on any atom is -0.0199 e. The first kappa shape index (κ1) is 13.3. The molecule has 90 valence electrons. The van der Waals surface area contributed by atoms with Gasteiger partial charge in [0, 0.05) is 0 Å². The Morgan fingerprint density at radius 1 is 0.812 bits per heavy atom. The summed E-state index contributed by atoms with van der Waals surface area (Å²) < 4.78 is 0. The van der Waals surface area contributed by atoms with Gasteiger partial charge in [-0.2, -0.15) is 0 Å². The van der Waals surface area contributed by atoms with E-state index in [0.717, 1.165) is 11.8 Å². The van der Waals surface area contributed by atoms with Gasteiger partial charge in [-0.25, -0.2) is 0 Å². The Hall–Kier alpha value is -0.780. The molecule has 0 heterocycles. The summed E-state index contributed by atoms with van der Waals surface area (Å²) in [6.45, 7) is 7.53. The van der Waals surface area contributed by atoms with Crippen LogP contribution < -0.4 is 0 Å². The largest absolute Gasteiger partial charge is 0.103 e. The maximum atomic E-state index is 3.78. The van der Waals surface area contributed by atoms with Crippen LogP contribution in [0, 0.1) is 11.8 Å². The SMILES string of the molecule is C=CC1CC=CCC1.C=CC1CCCCC1.